The van der Waals surface area contributed by atoms with Gasteiger partial charge in [0.05, 0.1) is 7.11 Å². The summed E-state index contributed by atoms with van der Waals surface area (Å²) in [6.07, 6.45) is 3.86. The van der Waals surface area contributed by atoms with Crippen molar-refractivity contribution < 1.29 is 9.53 Å². The van der Waals surface area contributed by atoms with Crippen LogP contribution in [0.25, 0.3) is 10.9 Å². The maximum Gasteiger partial charge on any atom is 0.223 e. The minimum atomic E-state index is 0. The Bertz CT molecular complexity index is 970. The third-order valence-electron chi connectivity index (χ3n) is 5.99. The molecular formula is C24H30ClN3O2. The second kappa shape index (κ2) is 10.0. The van der Waals surface area contributed by atoms with Crippen molar-refractivity contribution in [1.29, 1.82) is 0 Å². The monoisotopic (exact) mass is 427 g/mol. The number of fused-ring (bicyclic) bond motifs is 1. The highest BCUT2D eigenvalue weighted by atomic mass is 35.5. The van der Waals surface area contributed by atoms with Crippen LogP contribution >= 0.6 is 12.4 Å². The third kappa shape index (κ3) is 4.79. The Morgan fingerprint density at radius 2 is 1.97 bits per heavy atom. The molecule has 0 aliphatic carbocycles. The van der Waals surface area contributed by atoms with Gasteiger partial charge >= 0.3 is 0 Å². The highest BCUT2D eigenvalue weighted by molar-refractivity contribution is 5.85. The van der Waals surface area contributed by atoms with E-state index in [1.807, 2.05) is 18.2 Å². The van der Waals surface area contributed by atoms with Crippen LogP contribution in [0.3, 0.4) is 0 Å². The van der Waals surface area contributed by atoms with Crippen LogP contribution in [-0.2, 0) is 4.79 Å². The lowest BCUT2D eigenvalue weighted by Crippen LogP contribution is -2.43. The number of nitrogens with one attached hydrogen (secondary N) is 3. The van der Waals surface area contributed by atoms with Gasteiger partial charge in [-0.3, -0.25) is 4.79 Å². The molecule has 1 fully saturated rings. The van der Waals surface area contributed by atoms with Gasteiger partial charge in [-0.2, -0.15) is 0 Å². The molecule has 3 aromatic rings. The number of halogens is 1. The molecule has 3 atom stereocenters. The highest BCUT2D eigenvalue weighted by Gasteiger charge is 2.26. The number of piperidine rings is 1. The Morgan fingerprint density at radius 1 is 1.20 bits per heavy atom. The van der Waals surface area contributed by atoms with Gasteiger partial charge in [0.25, 0.3) is 0 Å². The average Bonchev–Trinajstić information content (AvgIpc) is 3.18. The Kier molecular flexibility index (Phi) is 7.40. The van der Waals surface area contributed by atoms with Gasteiger partial charge in [0.1, 0.15) is 5.75 Å². The van der Waals surface area contributed by atoms with E-state index in [2.05, 4.69) is 59.1 Å². The van der Waals surface area contributed by atoms with Gasteiger partial charge in [0.2, 0.25) is 5.91 Å². The summed E-state index contributed by atoms with van der Waals surface area (Å²) in [5.41, 5.74) is 3.47. The molecule has 1 unspecified atom stereocenters. The first-order valence-electron chi connectivity index (χ1n) is 10.4. The number of H-pyrrole nitrogens is 1. The van der Waals surface area contributed by atoms with Crippen LogP contribution in [0.1, 0.15) is 36.8 Å². The first kappa shape index (κ1) is 22.2. The summed E-state index contributed by atoms with van der Waals surface area (Å²) in [5, 5.41) is 7.85. The van der Waals surface area contributed by atoms with Gasteiger partial charge in [-0.15, -0.1) is 12.4 Å². The average molecular weight is 428 g/mol. The van der Waals surface area contributed by atoms with Gasteiger partial charge in [0.15, 0.2) is 0 Å². The molecule has 1 aliphatic heterocycles. The van der Waals surface area contributed by atoms with E-state index in [9.17, 15) is 4.79 Å². The van der Waals surface area contributed by atoms with E-state index in [0.717, 1.165) is 36.2 Å². The van der Waals surface area contributed by atoms with Crippen molar-refractivity contribution in [1.82, 2.24) is 15.6 Å². The molecule has 6 heteroatoms. The van der Waals surface area contributed by atoms with Gasteiger partial charge < -0.3 is 20.4 Å². The molecule has 1 aromatic heterocycles. The smallest absolute Gasteiger partial charge is 0.223 e. The molecule has 30 heavy (non-hydrogen) atoms. The van der Waals surface area contributed by atoms with Crippen LogP contribution in [0.15, 0.2) is 54.7 Å². The first-order valence-corrected chi connectivity index (χ1v) is 10.4. The number of amides is 1. The minimum absolute atomic E-state index is 0. The van der Waals surface area contributed by atoms with Gasteiger partial charge in [-0.05, 0) is 55.6 Å². The Morgan fingerprint density at radius 3 is 2.70 bits per heavy atom. The zero-order chi connectivity index (χ0) is 20.2. The van der Waals surface area contributed by atoms with Crippen LogP contribution in [0.5, 0.6) is 5.75 Å². The predicted octanol–water partition coefficient (Wildman–Crippen LogP) is 4.23. The summed E-state index contributed by atoms with van der Waals surface area (Å²) in [6.45, 7) is 3.63. The van der Waals surface area contributed by atoms with Crippen molar-refractivity contribution in [2.24, 2.45) is 5.92 Å². The number of para-hydroxylation sites is 1. The first-order chi connectivity index (χ1) is 14.2. The fourth-order valence-corrected chi connectivity index (χ4v) is 4.34. The lowest BCUT2D eigenvalue weighted by atomic mass is 9.89. The van der Waals surface area contributed by atoms with Crippen molar-refractivity contribution in [3.63, 3.8) is 0 Å². The van der Waals surface area contributed by atoms with Crippen molar-refractivity contribution >= 4 is 29.2 Å². The Balaban J connectivity index is 0.00000256. The van der Waals surface area contributed by atoms with E-state index in [0.29, 0.717) is 12.6 Å². The van der Waals surface area contributed by atoms with Crippen molar-refractivity contribution in [2.75, 3.05) is 20.2 Å². The number of benzene rings is 2. The fraction of sp³-hybridized carbons (Fsp3) is 0.375. The molecule has 0 bridgehead atoms. The van der Waals surface area contributed by atoms with Crippen molar-refractivity contribution in [2.45, 2.75) is 31.7 Å². The molecule has 0 saturated carbocycles. The van der Waals surface area contributed by atoms with Crippen LogP contribution in [0, 0.1) is 5.92 Å². The summed E-state index contributed by atoms with van der Waals surface area (Å²) < 4.78 is 5.32. The van der Waals surface area contributed by atoms with Crippen molar-refractivity contribution in [3.8, 4) is 5.75 Å². The summed E-state index contributed by atoms with van der Waals surface area (Å²) in [5.74, 6) is 1.15. The second-order valence-electron chi connectivity index (χ2n) is 7.94. The molecular weight excluding hydrogens is 398 g/mol. The summed E-state index contributed by atoms with van der Waals surface area (Å²) in [6, 6.07) is 16.8. The summed E-state index contributed by atoms with van der Waals surface area (Å²) >= 11 is 0. The van der Waals surface area contributed by atoms with Crippen LogP contribution in [-0.4, -0.2) is 37.1 Å². The van der Waals surface area contributed by atoms with Gasteiger partial charge in [0, 0.05) is 41.5 Å². The lowest BCUT2D eigenvalue weighted by Gasteiger charge is -2.28. The van der Waals surface area contributed by atoms with Crippen LogP contribution in [0.2, 0.25) is 0 Å². The SMILES string of the molecule is COc1ccc(C(CNC(=O)[C@H]2CCN[C@@H](C)C2)c2c[nH]c3ccccc23)cc1.Cl. The minimum Gasteiger partial charge on any atom is -0.497 e. The number of aromatic amines is 1. The molecule has 1 aliphatic rings. The number of rotatable bonds is 6. The molecule has 160 valence electrons. The Hall–Kier alpha value is -2.50. The number of carbonyl (C=O) groups excluding carboxylic acids is 1. The quantitative estimate of drug-likeness (QED) is 0.551. The van der Waals surface area contributed by atoms with Gasteiger partial charge in [-0.1, -0.05) is 30.3 Å². The van der Waals surface area contributed by atoms with Gasteiger partial charge in [-0.25, -0.2) is 0 Å². The number of methoxy groups -OCH3 is 1. The highest BCUT2D eigenvalue weighted by Crippen LogP contribution is 2.31. The number of ether oxygens (including phenoxy) is 1. The second-order valence-corrected chi connectivity index (χ2v) is 7.94. The van der Waals surface area contributed by atoms with E-state index in [-0.39, 0.29) is 30.2 Å². The molecule has 0 radical (unpaired) electrons. The normalized spacial score (nSPS) is 19.7. The molecule has 1 amide bonds. The largest absolute Gasteiger partial charge is 0.497 e. The van der Waals surface area contributed by atoms with E-state index in [1.54, 1.807) is 7.11 Å². The van der Waals surface area contributed by atoms with E-state index >= 15 is 0 Å². The van der Waals surface area contributed by atoms with Crippen LogP contribution in [0.4, 0.5) is 0 Å². The molecule has 3 N–H and O–H groups in total. The number of carbonyl (C=O) groups is 1. The van der Waals surface area contributed by atoms with E-state index < -0.39 is 0 Å². The lowest BCUT2D eigenvalue weighted by molar-refractivity contribution is -0.126. The molecule has 0 spiro atoms. The molecule has 4 rings (SSSR count). The Labute approximate surface area is 184 Å². The zero-order valence-corrected chi connectivity index (χ0v) is 18.3. The van der Waals surface area contributed by atoms with Crippen molar-refractivity contribution in [3.05, 3.63) is 65.9 Å². The fourth-order valence-electron chi connectivity index (χ4n) is 4.34. The number of hydrogen-bond acceptors (Lipinski definition) is 3. The van der Waals surface area contributed by atoms with E-state index in [4.69, 9.17) is 4.74 Å². The topological polar surface area (TPSA) is 66.2 Å². The number of aromatic nitrogens is 1. The predicted molar refractivity (Wildman–Crippen MR) is 124 cm³/mol. The zero-order valence-electron chi connectivity index (χ0n) is 17.5. The number of hydrogen-bond donors (Lipinski definition) is 3. The summed E-state index contributed by atoms with van der Waals surface area (Å²) in [4.78, 5) is 16.2. The molecule has 2 heterocycles. The molecule has 1 saturated heterocycles. The maximum absolute atomic E-state index is 12.8. The van der Waals surface area contributed by atoms with E-state index in [1.165, 1.54) is 10.9 Å². The molecule has 2 aromatic carbocycles. The van der Waals surface area contributed by atoms with Crippen LogP contribution < -0.4 is 15.4 Å². The molecule has 5 nitrogen and oxygen atoms in total. The maximum atomic E-state index is 12.8. The standard InChI is InChI=1S/C24H29N3O2.ClH/c1-16-13-18(11-12-25-16)24(28)27-14-21(17-7-9-19(29-2)10-8-17)22-15-26-23-6-4-3-5-20(22)23;/h3-10,15-16,18,21,25-26H,11-14H2,1-2H3,(H,27,28);1H/t16-,18-,21?;/m0./s1. The third-order valence-corrected chi connectivity index (χ3v) is 5.99. The summed E-state index contributed by atoms with van der Waals surface area (Å²) in [7, 11) is 1.67.